The summed E-state index contributed by atoms with van der Waals surface area (Å²) in [6.45, 7) is 6.07. The number of nitrogens with zero attached hydrogens (tertiary/aromatic N) is 3. The summed E-state index contributed by atoms with van der Waals surface area (Å²) < 4.78 is 2.16. The van der Waals surface area contributed by atoms with E-state index in [0.29, 0.717) is 11.5 Å². The van der Waals surface area contributed by atoms with E-state index >= 15 is 0 Å². The van der Waals surface area contributed by atoms with Gasteiger partial charge in [0, 0.05) is 12.5 Å². The number of fused-ring (bicyclic) bond motifs is 1. The molecule has 0 aliphatic carbocycles. The van der Waals surface area contributed by atoms with Gasteiger partial charge in [-0.05, 0) is 45.3 Å². The number of aromatic nitrogens is 2. The number of aryl methyl sites for hydroxylation is 1. The van der Waals surface area contributed by atoms with Crippen molar-refractivity contribution < 1.29 is 9.90 Å². The van der Waals surface area contributed by atoms with Gasteiger partial charge >= 0.3 is 5.97 Å². The van der Waals surface area contributed by atoms with Crippen LogP contribution in [0.3, 0.4) is 0 Å². The Bertz CT molecular complexity index is 644. The van der Waals surface area contributed by atoms with E-state index in [-0.39, 0.29) is 0 Å². The maximum atomic E-state index is 11.2. The van der Waals surface area contributed by atoms with Crippen LogP contribution in [0.2, 0.25) is 0 Å². The van der Waals surface area contributed by atoms with E-state index < -0.39 is 5.97 Å². The molecule has 0 fully saturated rings. The summed E-state index contributed by atoms with van der Waals surface area (Å²) in [5.41, 5.74) is 2.09. The molecule has 2 rings (SSSR count). The van der Waals surface area contributed by atoms with Crippen molar-refractivity contribution in [3.05, 3.63) is 29.6 Å². The zero-order chi connectivity index (χ0) is 15.6. The first-order valence-electron chi connectivity index (χ1n) is 7.28. The largest absolute Gasteiger partial charge is 0.478 e. The van der Waals surface area contributed by atoms with E-state index in [4.69, 9.17) is 5.11 Å². The highest BCUT2D eigenvalue weighted by atomic mass is 16.4. The molecule has 0 aliphatic heterocycles. The highest BCUT2D eigenvalue weighted by Crippen LogP contribution is 2.23. The monoisotopic (exact) mass is 289 g/mol. The summed E-state index contributed by atoms with van der Waals surface area (Å²) in [6.07, 6.45) is 1.01. The van der Waals surface area contributed by atoms with Crippen LogP contribution in [0, 0.1) is 0 Å². The average molecular weight is 289 g/mol. The van der Waals surface area contributed by atoms with Crippen LogP contribution in [0.1, 0.15) is 42.4 Å². The zero-order valence-electron chi connectivity index (χ0n) is 13.1. The normalized spacial score (nSPS) is 11.7. The molecule has 2 aromatic rings. The van der Waals surface area contributed by atoms with E-state index in [0.717, 1.165) is 36.4 Å². The van der Waals surface area contributed by atoms with E-state index in [9.17, 15) is 4.79 Å². The van der Waals surface area contributed by atoms with Gasteiger partial charge < -0.3 is 14.6 Å². The van der Waals surface area contributed by atoms with Crippen LogP contribution in [-0.4, -0.2) is 46.2 Å². The topological polar surface area (TPSA) is 58.4 Å². The second-order valence-corrected chi connectivity index (χ2v) is 5.94. The van der Waals surface area contributed by atoms with Crippen LogP contribution in [-0.2, 0) is 6.54 Å². The lowest BCUT2D eigenvalue weighted by molar-refractivity contribution is 0.0697. The third-order valence-corrected chi connectivity index (χ3v) is 3.53. The molecule has 5 nitrogen and oxygen atoms in total. The molecule has 0 spiro atoms. The fourth-order valence-corrected chi connectivity index (χ4v) is 2.50. The Labute approximate surface area is 125 Å². The molecule has 1 aromatic heterocycles. The minimum atomic E-state index is -0.899. The second kappa shape index (κ2) is 6.26. The third kappa shape index (κ3) is 3.42. The number of benzene rings is 1. The summed E-state index contributed by atoms with van der Waals surface area (Å²) in [6, 6.07) is 5.14. The molecule has 0 saturated carbocycles. The van der Waals surface area contributed by atoms with Gasteiger partial charge in [0.15, 0.2) is 0 Å². The molecule has 0 unspecified atom stereocenters. The van der Waals surface area contributed by atoms with E-state index in [2.05, 4.69) is 42.4 Å². The molecule has 0 amide bonds. The lowest BCUT2D eigenvalue weighted by Crippen LogP contribution is -2.16. The Kier molecular flexibility index (Phi) is 4.63. The number of imidazole rings is 1. The van der Waals surface area contributed by atoms with Gasteiger partial charge in [0.2, 0.25) is 0 Å². The number of carboxylic acids is 1. The standard InChI is InChI=1S/C16H23N3O2/c1-11(2)15-17-13-7-6-12(16(20)21)10-14(13)19(15)9-5-8-18(3)4/h6-7,10-11H,5,8-9H2,1-4H3,(H,20,21). The van der Waals surface area contributed by atoms with Gasteiger partial charge in [-0.3, -0.25) is 0 Å². The van der Waals surface area contributed by atoms with Gasteiger partial charge in [0.1, 0.15) is 5.82 Å². The van der Waals surface area contributed by atoms with Crippen LogP contribution in [0.5, 0.6) is 0 Å². The summed E-state index contributed by atoms with van der Waals surface area (Å²) in [4.78, 5) is 18.0. The quantitative estimate of drug-likeness (QED) is 0.888. The van der Waals surface area contributed by atoms with E-state index in [1.807, 2.05) is 0 Å². The number of hydrogen-bond acceptors (Lipinski definition) is 3. The van der Waals surface area contributed by atoms with Crippen LogP contribution < -0.4 is 0 Å². The van der Waals surface area contributed by atoms with Crippen molar-refractivity contribution in [2.75, 3.05) is 20.6 Å². The SMILES string of the molecule is CC(C)c1nc2ccc(C(=O)O)cc2n1CCCN(C)C. The smallest absolute Gasteiger partial charge is 0.335 e. The number of carbonyl (C=O) groups is 1. The average Bonchev–Trinajstić information content (AvgIpc) is 2.76. The van der Waals surface area contributed by atoms with Crippen LogP contribution >= 0.6 is 0 Å². The van der Waals surface area contributed by atoms with Gasteiger partial charge in [-0.25, -0.2) is 9.78 Å². The van der Waals surface area contributed by atoms with Crippen molar-refractivity contribution in [1.82, 2.24) is 14.5 Å². The molecule has 1 aromatic carbocycles. The summed E-state index contributed by atoms with van der Waals surface area (Å²) >= 11 is 0. The predicted octanol–water partition coefficient (Wildman–Crippen LogP) is 2.81. The molecular formula is C16H23N3O2. The molecule has 114 valence electrons. The number of aromatic carboxylic acids is 1. The summed E-state index contributed by atoms with van der Waals surface area (Å²) in [7, 11) is 4.11. The molecule has 0 bridgehead atoms. The van der Waals surface area contributed by atoms with Crippen LogP contribution in [0.25, 0.3) is 11.0 Å². The highest BCUT2D eigenvalue weighted by Gasteiger charge is 2.15. The lowest BCUT2D eigenvalue weighted by Gasteiger charge is -2.14. The maximum Gasteiger partial charge on any atom is 0.335 e. The van der Waals surface area contributed by atoms with Gasteiger partial charge in [-0.1, -0.05) is 13.8 Å². The molecule has 1 heterocycles. The van der Waals surface area contributed by atoms with Gasteiger partial charge in [0.25, 0.3) is 0 Å². The first kappa shape index (κ1) is 15.5. The van der Waals surface area contributed by atoms with Crippen molar-refractivity contribution in [1.29, 1.82) is 0 Å². The minimum absolute atomic E-state index is 0.310. The third-order valence-electron chi connectivity index (χ3n) is 3.53. The summed E-state index contributed by atoms with van der Waals surface area (Å²) in [5, 5.41) is 9.16. The van der Waals surface area contributed by atoms with Gasteiger partial charge in [-0.2, -0.15) is 0 Å². The van der Waals surface area contributed by atoms with E-state index in [1.165, 1.54) is 0 Å². The van der Waals surface area contributed by atoms with Crippen molar-refractivity contribution in [3.63, 3.8) is 0 Å². The van der Waals surface area contributed by atoms with Crippen molar-refractivity contribution in [2.45, 2.75) is 32.7 Å². The summed E-state index contributed by atoms with van der Waals surface area (Å²) in [5.74, 6) is 0.431. The van der Waals surface area contributed by atoms with Crippen molar-refractivity contribution in [2.24, 2.45) is 0 Å². The molecule has 0 atom stereocenters. The molecule has 0 saturated heterocycles. The first-order chi connectivity index (χ1) is 9.90. The lowest BCUT2D eigenvalue weighted by atomic mass is 10.2. The fourth-order valence-electron chi connectivity index (χ4n) is 2.50. The fraction of sp³-hybridized carbons (Fsp3) is 0.500. The van der Waals surface area contributed by atoms with Crippen LogP contribution in [0.15, 0.2) is 18.2 Å². The predicted molar refractivity (Wildman–Crippen MR) is 84.0 cm³/mol. The van der Waals surface area contributed by atoms with Crippen LogP contribution in [0.4, 0.5) is 0 Å². The Morgan fingerprint density at radius 2 is 2.10 bits per heavy atom. The highest BCUT2D eigenvalue weighted by molar-refractivity contribution is 5.92. The molecule has 0 radical (unpaired) electrons. The Hall–Kier alpha value is -1.88. The maximum absolute atomic E-state index is 11.2. The van der Waals surface area contributed by atoms with E-state index in [1.54, 1.807) is 18.2 Å². The van der Waals surface area contributed by atoms with Crippen molar-refractivity contribution in [3.8, 4) is 0 Å². The number of rotatable bonds is 6. The molecule has 1 N–H and O–H groups in total. The minimum Gasteiger partial charge on any atom is -0.478 e. The molecule has 5 heteroatoms. The molecule has 21 heavy (non-hydrogen) atoms. The molecule has 0 aliphatic rings. The Morgan fingerprint density at radius 3 is 2.67 bits per heavy atom. The zero-order valence-corrected chi connectivity index (χ0v) is 13.1. The van der Waals surface area contributed by atoms with Crippen molar-refractivity contribution >= 4 is 17.0 Å². The second-order valence-electron chi connectivity index (χ2n) is 5.94. The first-order valence-corrected chi connectivity index (χ1v) is 7.28. The number of carboxylic acid groups (broad SMARTS) is 1. The Balaban J connectivity index is 2.43. The van der Waals surface area contributed by atoms with Gasteiger partial charge in [0.05, 0.1) is 16.6 Å². The number of hydrogen-bond donors (Lipinski definition) is 1. The molecular weight excluding hydrogens is 266 g/mol. The van der Waals surface area contributed by atoms with Gasteiger partial charge in [-0.15, -0.1) is 0 Å². The Morgan fingerprint density at radius 1 is 1.38 bits per heavy atom.